The maximum Gasteiger partial charge on any atom is 0.255 e. The van der Waals surface area contributed by atoms with Crippen LogP contribution in [0.5, 0.6) is 0 Å². The van der Waals surface area contributed by atoms with E-state index in [0.717, 1.165) is 19.4 Å². The van der Waals surface area contributed by atoms with Gasteiger partial charge in [-0.1, -0.05) is 24.3 Å². The lowest BCUT2D eigenvalue weighted by molar-refractivity contribution is 0.0937. The van der Waals surface area contributed by atoms with Gasteiger partial charge in [0.15, 0.2) is 11.5 Å². The summed E-state index contributed by atoms with van der Waals surface area (Å²) in [6.45, 7) is 2.97. The topological polar surface area (TPSA) is 81.3 Å². The van der Waals surface area contributed by atoms with Gasteiger partial charge in [0.25, 0.3) is 5.91 Å². The fourth-order valence-corrected chi connectivity index (χ4v) is 3.56. The van der Waals surface area contributed by atoms with Gasteiger partial charge in [-0.25, -0.2) is 0 Å². The van der Waals surface area contributed by atoms with Crippen LogP contribution in [0.1, 0.15) is 61.0 Å². The summed E-state index contributed by atoms with van der Waals surface area (Å²) in [5, 5.41) is 2.84. The predicted octanol–water partition coefficient (Wildman–Crippen LogP) is 3.38. The summed E-state index contributed by atoms with van der Waals surface area (Å²) >= 11 is 0. The molecule has 1 aromatic carbocycles. The van der Waals surface area contributed by atoms with Gasteiger partial charge < -0.3 is 14.3 Å². The molecule has 4 rings (SSSR count). The average Bonchev–Trinajstić information content (AvgIpc) is 3.33. The molecule has 0 fully saturated rings. The molecule has 0 radical (unpaired) electrons. The van der Waals surface area contributed by atoms with Crippen LogP contribution < -0.4 is 5.32 Å². The van der Waals surface area contributed by atoms with Crippen molar-refractivity contribution in [2.45, 2.75) is 26.3 Å². The zero-order valence-corrected chi connectivity index (χ0v) is 15.5. The molecule has 3 aromatic rings. The molecule has 0 spiro atoms. The zero-order chi connectivity index (χ0) is 19.7. The first-order valence-electron chi connectivity index (χ1n) is 9.28. The van der Waals surface area contributed by atoms with Gasteiger partial charge in [0.2, 0.25) is 5.78 Å². The number of unbranched alkanes of at least 4 members (excludes halogenated alkanes) is 1. The number of ketones is 2. The number of rotatable bonds is 6. The van der Waals surface area contributed by atoms with Gasteiger partial charge in [-0.05, 0) is 31.9 Å². The number of fused-ring (bicyclic) bond motifs is 2. The Kier molecular flexibility index (Phi) is 4.69. The smallest absolute Gasteiger partial charge is 0.255 e. The van der Waals surface area contributed by atoms with Gasteiger partial charge in [0.05, 0.1) is 11.1 Å². The van der Waals surface area contributed by atoms with Crippen LogP contribution in [-0.2, 0) is 6.54 Å². The second kappa shape index (κ2) is 7.31. The first-order chi connectivity index (χ1) is 13.6. The standard InChI is InChI=1S/C22H20N2O4/c1-14-17(22(27)23-10-4-5-11-24-12-6-7-13-24)18-19(25)15-8-2-3-9-16(15)20(26)21(18)28-14/h2-3,6-9,12-13H,4-5,10-11H2,1H3,(H,23,27). The predicted molar refractivity (Wildman–Crippen MR) is 103 cm³/mol. The Morgan fingerprint density at radius 3 is 2.39 bits per heavy atom. The Balaban J connectivity index is 1.48. The summed E-state index contributed by atoms with van der Waals surface area (Å²) in [6, 6.07) is 10.6. The van der Waals surface area contributed by atoms with Gasteiger partial charge in [-0.2, -0.15) is 0 Å². The zero-order valence-electron chi connectivity index (χ0n) is 15.5. The second-order valence-electron chi connectivity index (χ2n) is 6.83. The maximum absolute atomic E-state index is 12.9. The maximum atomic E-state index is 12.9. The molecule has 6 nitrogen and oxygen atoms in total. The van der Waals surface area contributed by atoms with Crippen molar-refractivity contribution < 1.29 is 18.8 Å². The molecule has 0 saturated heterocycles. The molecule has 0 bridgehead atoms. The minimum Gasteiger partial charge on any atom is -0.456 e. The second-order valence-corrected chi connectivity index (χ2v) is 6.83. The van der Waals surface area contributed by atoms with Crippen molar-refractivity contribution in [1.29, 1.82) is 0 Å². The number of benzene rings is 1. The molecule has 1 amide bonds. The van der Waals surface area contributed by atoms with E-state index in [1.807, 2.05) is 24.5 Å². The molecule has 28 heavy (non-hydrogen) atoms. The average molecular weight is 376 g/mol. The summed E-state index contributed by atoms with van der Waals surface area (Å²) < 4.78 is 7.62. The molecule has 2 heterocycles. The number of hydrogen-bond donors (Lipinski definition) is 1. The fourth-order valence-electron chi connectivity index (χ4n) is 3.56. The summed E-state index contributed by atoms with van der Waals surface area (Å²) in [6.07, 6.45) is 5.72. The first-order valence-corrected chi connectivity index (χ1v) is 9.28. The number of carbonyl (C=O) groups excluding carboxylic acids is 3. The summed E-state index contributed by atoms with van der Waals surface area (Å²) in [5.41, 5.74) is 0.853. The van der Waals surface area contributed by atoms with Crippen molar-refractivity contribution in [1.82, 2.24) is 9.88 Å². The van der Waals surface area contributed by atoms with E-state index in [1.54, 1.807) is 31.2 Å². The highest BCUT2D eigenvalue weighted by molar-refractivity contribution is 6.30. The van der Waals surface area contributed by atoms with Crippen molar-refractivity contribution in [3.63, 3.8) is 0 Å². The van der Waals surface area contributed by atoms with Crippen molar-refractivity contribution in [3.05, 3.63) is 82.6 Å². The highest BCUT2D eigenvalue weighted by Crippen LogP contribution is 2.33. The molecule has 2 aromatic heterocycles. The molecule has 6 heteroatoms. The lowest BCUT2D eigenvalue weighted by Gasteiger charge is -2.13. The van der Waals surface area contributed by atoms with Gasteiger partial charge >= 0.3 is 0 Å². The molecule has 0 atom stereocenters. The van der Waals surface area contributed by atoms with E-state index in [0.29, 0.717) is 17.7 Å². The Morgan fingerprint density at radius 2 is 1.68 bits per heavy atom. The van der Waals surface area contributed by atoms with Gasteiger partial charge in [0, 0.05) is 36.6 Å². The molecule has 142 valence electrons. The lowest BCUT2D eigenvalue weighted by Crippen LogP contribution is -2.28. The van der Waals surface area contributed by atoms with Crippen LogP contribution in [0.4, 0.5) is 0 Å². The summed E-state index contributed by atoms with van der Waals surface area (Å²) in [5.74, 6) is -0.855. The summed E-state index contributed by atoms with van der Waals surface area (Å²) in [4.78, 5) is 38.3. The Labute approximate surface area is 162 Å². The van der Waals surface area contributed by atoms with Crippen LogP contribution in [0.3, 0.4) is 0 Å². The number of amides is 1. The van der Waals surface area contributed by atoms with Crippen molar-refractivity contribution in [2.24, 2.45) is 0 Å². The molecular weight excluding hydrogens is 356 g/mol. The molecular formula is C22H20N2O4. The minimum atomic E-state index is -0.385. The number of furan rings is 1. The normalized spacial score (nSPS) is 12.6. The molecule has 1 N–H and O–H groups in total. The number of hydrogen-bond acceptors (Lipinski definition) is 4. The number of carbonyl (C=O) groups is 3. The van der Waals surface area contributed by atoms with E-state index in [9.17, 15) is 14.4 Å². The van der Waals surface area contributed by atoms with Crippen LogP contribution >= 0.6 is 0 Å². The van der Waals surface area contributed by atoms with E-state index in [4.69, 9.17) is 4.42 Å². The largest absolute Gasteiger partial charge is 0.456 e. The Bertz CT molecular complexity index is 1060. The number of nitrogens with zero attached hydrogens (tertiary/aromatic N) is 1. The first kappa shape index (κ1) is 18.0. The number of aromatic nitrogens is 1. The fraction of sp³-hybridized carbons (Fsp3) is 0.227. The number of nitrogens with one attached hydrogen (secondary N) is 1. The van der Waals surface area contributed by atoms with Crippen LogP contribution in [0, 0.1) is 6.92 Å². The molecule has 1 aliphatic rings. The molecule has 0 aliphatic heterocycles. The van der Waals surface area contributed by atoms with Crippen LogP contribution in [-0.4, -0.2) is 28.6 Å². The Hall–Kier alpha value is -3.41. The van der Waals surface area contributed by atoms with E-state index in [1.165, 1.54) is 0 Å². The molecule has 1 aliphatic carbocycles. The third-order valence-electron chi connectivity index (χ3n) is 4.96. The quantitative estimate of drug-likeness (QED) is 0.523. The van der Waals surface area contributed by atoms with Crippen LogP contribution in [0.25, 0.3) is 0 Å². The molecule has 0 unspecified atom stereocenters. The van der Waals surface area contributed by atoms with E-state index in [-0.39, 0.29) is 40.1 Å². The lowest BCUT2D eigenvalue weighted by atomic mass is 9.86. The monoisotopic (exact) mass is 376 g/mol. The SMILES string of the molecule is Cc1oc2c(c1C(=O)NCCCCn1cccc1)C(=O)c1ccccc1C2=O. The van der Waals surface area contributed by atoms with Crippen molar-refractivity contribution >= 4 is 17.5 Å². The van der Waals surface area contributed by atoms with Gasteiger partial charge in [-0.15, -0.1) is 0 Å². The highest BCUT2D eigenvalue weighted by Gasteiger charge is 2.38. The van der Waals surface area contributed by atoms with Crippen molar-refractivity contribution in [3.8, 4) is 0 Å². The highest BCUT2D eigenvalue weighted by atomic mass is 16.4. The van der Waals surface area contributed by atoms with E-state index < -0.39 is 0 Å². The number of aryl methyl sites for hydroxylation is 2. The third kappa shape index (κ3) is 3.07. The third-order valence-corrected chi connectivity index (χ3v) is 4.96. The van der Waals surface area contributed by atoms with Crippen LogP contribution in [0.15, 0.2) is 53.2 Å². The summed E-state index contributed by atoms with van der Waals surface area (Å²) in [7, 11) is 0. The van der Waals surface area contributed by atoms with E-state index in [2.05, 4.69) is 9.88 Å². The van der Waals surface area contributed by atoms with Crippen LogP contribution in [0.2, 0.25) is 0 Å². The minimum absolute atomic E-state index is 0.0426. The molecule has 0 saturated carbocycles. The van der Waals surface area contributed by atoms with Crippen molar-refractivity contribution in [2.75, 3.05) is 6.54 Å². The van der Waals surface area contributed by atoms with E-state index >= 15 is 0 Å². The van der Waals surface area contributed by atoms with Gasteiger partial charge in [0.1, 0.15) is 5.76 Å². The Morgan fingerprint density at radius 1 is 1.00 bits per heavy atom. The van der Waals surface area contributed by atoms with Gasteiger partial charge in [-0.3, -0.25) is 14.4 Å².